The van der Waals surface area contributed by atoms with Crippen LogP contribution in [0, 0.1) is 11.3 Å². The maximum atomic E-state index is 8.79. The molecule has 0 aliphatic rings. The average Bonchev–Trinajstić information content (AvgIpc) is 2.94. The van der Waals surface area contributed by atoms with Gasteiger partial charge < -0.3 is 14.8 Å². The Morgan fingerprint density at radius 1 is 1.30 bits per heavy atom. The van der Waals surface area contributed by atoms with Gasteiger partial charge in [0.25, 0.3) is 0 Å². The van der Waals surface area contributed by atoms with Gasteiger partial charge in [0, 0.05) is 28.6 Å². The molecular formula is C15H16N2O2S. The van der Waals surface area contributed by atoms with Gasteiger partial charge in [-0.1, -0.05) is 0 Å². The summed E-state index contributed by atoms with van der Waals surface area (Å²) in [7, 11) is 1.63. The van der Waals surface area contributed by atoms with E-state index in [1.165, 1.54) is 0 Å². The van der Waals surface area contributed by atoms with Crippen LogP contribution in [0.1, 0.15) is 17.4 Å². The summed E-state index contributed by atoms with van der Waals surface area (Å²) in [6.07, 6.45) is 0. The molecule has 0 aliphatic carbocycles. The van der Waals surface area contributed by atoms with Crippen molar-refractivity contribution in [2.75, 3.05) is 19.0 Å². The summed E-state index contributed by atoms with van der Waals surface area (Å²) in [5.41, 5.74) is 1.66. The summed E-state index contributed by atoms with van der Waals surface area (Å²) in [5, 5.41) is 14.0. The lowest BCUT2D eigenvalue weighted by molar-refractivity contribution is 0.311. The van der Waals surface area contributed by atoms with Crippen LogP contribution in [0.3, 0.4) is 0 Å². The molecule has 0 spiro atoms. The van der Waals surface area contributed by atoms with Crippen LogP contribution >= 0.6 is 11.3 Å². The number of hydrogen-bond acceptors (Lipinski definition) is 5. The predicted octanol–water partition coefficient (Wildman–Crippen LogP) is 3.64. The zero-order valence-corrected chi connectivity index (χ0v) is 12.3. The minimum atomic E-state index is 0.606. The fraction of sp³-hybridized carbons (Fsp3) is 0.267. The Labute approximate surface area is 122 Å². The van der Waals surface area contributed by atoms with Gasteiger partial charge in [-0.25, -0.2) is 0 Å². The van der Waals surface area contributed by atoms with Crippen LogP contribution in [-0.4, -0.2) is 13.7 Å². The summed E-state index contributed by atoms with van der Waals surface area (Å²) in [6, 6.07) is 9.77. The van der Waals surface area contributed by atoms with E-state index in [-0.39, 0.29) is 0 Å². The van der Waals surface area contributed by atoms with Crippen molar-refractivity contribution in [1.29, 1.82) is 5.26 Å². The molecule has 0 atom stereocenters. The third-order valence-corrected chi connectivity index (χ3v) is 3.65. The largest absolute Gasteiger partial charge is 0.493 e. The Hall–Kier alpha value is -2.19. The lowest BCUT2D eigenvalue weighted by Crippen LogP contribution is -2.00. The number of nitriles is 1. The quantitative estimate of drug-likeness (QED) is 0.881. The molecule has 0 aliphatic heterocycles. The van der Waals surface area contributed by atoms with Gasteiger partial charge >= 0.3 is 0 Å². The topological polar surface area (TPSA) is 54.3 Å². The second-order valence-electron chi connectivity index (χ2n) is 4.07. The predicted molar refractivity (Wildman–Crippen MR) is 80.5 cm³/mol. The van der Waals surface area contributed by atoms with E-state index < -0.39 is 0 Å². The smallest absolute Gasteiger partial charge is 0.162 e. The molecule has 1 heterocycles. The van der Waals surface area contributed by atoms with Crippen LogP contribution in [0.25, 0.3) is 0 Å². The third kappa shape index (κ3) is 3.43. The van der Waals surface area contributed by atoms with E-state index in [0.29, 0.717) is 24.5 Å². The Bertz CT molecular complexity index is 617. The first-order valence-electron chi connectivity index (χ1n) is 6.29. The van der Waals surface area contributed by atoms with E-state index in [1.807, 2.05) is 36.6 Å². The number of rotatable bonds is 6. The van der Waals surface area contributed by atoms with E-state index >= 15 is 0 Å². The Balaban J connectivity index is 2.04. The van der Waals surface area contributed by atoms with Gasteiger partial charge in [-0.15, -0.1) is 11.3 Å². The summed E-state index contributed by atoms with van der Waals surface area (Å²) in [5.74, 6) is 1.45. The third-order valence-electron chi connectivity index (χ3n) is 2.71. The van der Waals surface area contributed by atoms with Crippen LogP contribution in [-0.2, 0) is 6.54 Å². The van der Waals surface area contributed by atoms with Gasteiger partial charge in [0.15, 0.2) is 11.5 Å². The van der Waals surface area contributed by atoms with E-state index in [9.17, 15) is 0 Å². The number of ether oxygens (including phenoxy) is 2. The van der Waals surface area contributed by atoms with Gasteiger partial charge in [-0.2, -0.15) is 5.26 Å². The molecule has 0 saturated heterocycles. The lowest BCUT2D eigenvalue weighted by atomic mass is 10.2. The summed E-state index contributed by atoms with van der Waals surface area (Å²) in [4.78, 5) is 1.12. The molecule has 1 N–H and O–H groups in total. The molecule has 20 heavy (non-hydrogen) atoms. The van der Waals surface area contributed by atoms with Crippen molar-refractivity contribution >= 4 is 17.0 Å². The normalized spacial score (nSPS) is 9.85. The van der Waals surface area contributed by atoms with Gasteiger partial charge in [0.05, 0.1) is 19.3 Å². The van der Waals surface area contributed by atoms with Crippen molar-refractivity contribution in [3.63, 3.8) is 0 Å². The standard InChI is InChI=1S/C15H16N2O2S/c1-3-19-14-5-4-12(7-15(14)18-2)17-9-13-6-11(8-16)10-20-13/h4-7,10,17H,3,9H2,1-2H3. The van der Waals surface area contributed by atoms with Crippen molar-refractivity contribution in [2.45, 2.75) is 13.5 Å². The monoisotopic (exact) mass is 288 g/mol. The van der Waals surface area contributed by atoms with E-state index in [2.05, 4.69) is 11.4 Å². The summed E-state index contributed by atoms with van der Waals surface area (Å²) < 4.78 is 10.8. The van der Waals surface area contributed by atoms with Crippen LogP contribution in [0.5, 0.6) is 11.5 Å². The second kappa shape index (κ2) is 6.83. The molecule has 104 valence electrons. The fourth-order valence-corrected chi connectivity index (χ4v) is 2.52. The van der Waals surface area contributed by atoms with Crippen molar-refractivity contribution in [3.8, 4) is 17.6 Å². The van der Waals surface area contributed by atoms with E-state index in [0.717, 1.165) is 16.3 Å². The zero-order valence-electron chi connectivity index (χ0n) is 11.5. The van der Waals surface area contributed by atoms with Gasteiger partial charge in [0.1, 0.15) is 6.07 Å². The van der Waals surface area contributed by atoms with Crippen LogP contribution in [0.15, 0.2) is 29.6 Å². The summed E-state index contributed by atoms with van der Waals surface area (Å²) in [6.45, 7) is 3.23. The van der Waals surface area contributed by atoms with E-state index in [4.69, 9.17) is 14.7 Å². The molecule has 0 fully saturated rings. The Kier molecular flexibility index (Phi) is 4.85. The molecule has 4 nitrogen and oxygen atoms in total. The first-order valence-corrected chi connectivity index (χ1v) is 7.17. The molecule has 0 saturated carbocycles. The average molecular weight is 288 g/mol. The summed E-state index contributed by atoms with van der Waals surface area (Å²) >= 11 is 1.57. The van der Waals surface area contributed by atoms with Crippen molar-refractivity contribution in [3.05, 3.63) is 40.1 Å². The van der Waals surface area contributed by atoms with Crippen LogP contribution in [0.4, 0.5) is 5.69 Å². The van der Waals surface area contributed by atoms with E-state index in [1.54, 1.807) is 18.4 Å². The highest BCUT2D eigenvalue weighted by molar-refractivity contribution is 7.10. The molecule has 2 aromatic rings. The maximum absolute atomic E-state index is 8.79. The van der Waals surface area contributed by atoms with Gasteiger partial charge in [0.2, 0.25) is 0 Å². The number of thiophene rings is 1. The highest BCUT2D eigenvalue weighted by Crippen LogP contribution is 2.30. The fourth-order valence-electron chi connectivity index (χ4n) is 1.77. The number of nitrogens with zero attached hydrogens (tertiary/aromatic N) is 1. The number of benzene rings is 1. The zero-order chi connectivity index (χ0) is 14.4. The molecule has 0 amide bonds. The number of nitrogens with one attached hydrogen (secondary N) is 1. The first-order chi connectivity index (χ1) is 9.76. The molecule has 5 heteroatoms. The SMILES string of the molecule is CCOc1ccc(NCc2cc(C#N)cs2)cc1OC. The highest BCUT2D eigenvalue weighted by Gasteiger charge is 2.05. The molecule has 0 bridgehead atoms. The number of anilines is 1. The van der Waals surface area contributed by atoms with Gasteiger partial charge in [-0.3, -0.25) is 0 Å². The minimum absolute atomic E-state index is 0.606. The lowest BCUT2D eigenvalue weighted by Gasteiger charge is -2.11. The molecule has 1 aromatic carbocycles. The molecule has 0 radical (unpaired) electrons. The molecule has 2 rings (SSSR count). The molecule has 1 aromatic heterocycles. The molecule has 0 unspecified atom stereocenters. The second-order valence-corrected chi connectivity index (χ2v) is 5.06. The van der Waals surface area contributed by atoms with Crippen molar-refractivity contribution in [1.82, 2.24) is 0 Å². The van der Waals surface area contributed by atoms with Gasteiger partial charge in [-0.05, 0) is 25.1 Å². The maximum Gasteiger partial charge on any atom is 0.162 e. The number of methoxy groups -OCH3 is 1. The minimum Gasteiger partial charge on any atom is -0.493 e. The Morgan fingerprint density at radius 2 is 2.15 bits per heavy atom. The van der Waals surface area contributed by atoms with Crippen molar-refractivity contribution < 1.29 is 9.47 Å². The van der Waals surface area contributed by atoms with Crippen LogP contribution in [0.2, 0.25) is 0 Å². The van der Waals surface area contributed by atoms with Crippen molar-refractivity contribution in [2.24, 2.45) is 0 Å². The molecular weight excluding hydrogens is 272 g/mol. The highest BCUT2D eigenvalue weighted by atomic mass is 32.1. The van der Waals surface area contributed by atoms with Crippen LogP contribution < -0.4 is 14.8 Å². The Morgan fingerprint density at radius 3 is 2.80 bits per heavy atom. The number of hydrogen-bond donors (Lipinski definition) is 1. The first kappa shape index (κ1) is 14.2.